The van der Waals surface area contributed by atoms with Crippen LogP contribution in [-0.2, 0) is 14.3 Å². The minimum atomic E-state index is -1.52. The maximum atomic E-state index is 11.3. The second-order valence-corrected chi connectivity index (χ2v) is 3.52. The fraction of sp³-hybridized carbons (Fsp3) is 0.700. The number of carboxylic acid groups (broad SMARTS) is 1. The third-order valence-corrected chi connectivity index (χ3v) is 1.98. The molecule has 18 heavy (non-hydrogen) atoms. The fourth-order valence-corrected chi connectivity index (χ4v) is 1.02. The molecule has 0 rings (SSSR count). The Morgan fingerprint density at radius 1 is 1.33 bits per heavy atom. The second kappa shape index (κ2) is 8.29. The summed E-state index contributed by atoms with van der Waals surface area (Å²) in [6.07, 6.45) is -1.64. The van der Waals surface area contributed by atoms with Crippen LogP contribution in [0.2, 0.25) is 0 Å². The number of nitrogens with one attached hydrogen (secondary N) is 2. The van der Waals surface area contributed by atoms with Gasteiger partial charge < -0.3 is 25.6 Å². The van der Waals surface area contributed by atoms with Crippen molar-refractivity contribution in [1.82, 2.24) is 10.6 Å². The first-order chi connectivity index (χ1) is 8.38. The van der Waals surface area contributed by atoms with E-state index in [9.17, 15) is 14.4 Å². The largest absolute Gasteiger partial charge is 0.479 e. The predicted molar refractivity (Wildman–Crippen MR) is 60.9 cm³/mol. The van der Waals surface area contributed by atoms with E-state index in [1.165, 1.54) is 6.92 Å². The number of hydrogen-bond acceptors (Lipinski definition) is 5. The standard InChI is InChI=1S/C10H18N2O6/c1-3-18-9(16)6(2)12-10(17)11-5-4-7(13)8(14)15/h6-7,13H,3-5H2,1-2H3,(H,14,15)(H2,11,12,17)/t6?,7-/m0/s1. The van der Waals surface area contributed by atoms with E-state index in [-0.39, 0.29) is 19.6 Å². The maximum absolute atomic E-state index is 11.3. The molecule has 2 amide bonds. The van der Waals surface area contributed by atoms with Gasteiger partial charge in [0.25, 0.3) is 0 Å². The number of amides is 2. The van der Waals surface area contributed by atoms with Crippen LogP contribution < -0.4 is 10.6 Å². The molecule has 0 spiro atoms. The number of aliphatic carboxylic acids is 1. The van der Waals surface area contributed by atoms with Crippen LogP contribution in [0, 0.1) is 0 Å². The van der Waals surface area contributed by atoms with Gasteiger partial charge in [-0.25, -0.2) is 14.4 Å². The average Bonchev–Trinajstić information content (AvgIpc) is 2.28. The first-order valence-electron chi connectivity index (χ1n) is 5.50. The summed E-state index contributed by atoms with van der Waals surface area (Å²) in [7, 11) is 0. The van der Waals surface area contributed by atoms with Crippen molar-refractivity contribution in [3.8, 4) is 0 Å². The van der Waals surface area contributed by atoms with Crippen LogP contribution in [0.15, 0.2) is 0 Å². The van der Waals surface area contributed by atoms with Crippen molar-refractivity contribution in [1.29, 1.82) is 0 Å². The van der Waals surface area contributed by atoms with Gasteiger partial charge in [-0.1, -0.05) is 0 Å². The molecule has 0 fully saturated rings. The molecule has 0 saturated heterocycles. The molecule has 0 aliphatic rings. The lowest BCUT2D eigenvalue weighted by Crippen LogP contribution is -2.45. The van der Waals surface area contributed by atoms with Gasteiger partial charge in [-0.3, -0.25) is 0 Å². The predicted octanol–water partition coefficient (Wildman–Crippen LogP) is -0.927. The second-order valence-electron chi connectivity index (χ2n) is 3.52. The summed E-state index contributed by atoms with van der Waals surface area (Å²) >= 11 is 0. The van der Waals surface area contributed by atoms with E-state index in [4.69, 9.17) is 10.2 Å². The number of rotatable bonds is 7. The van der Waals surface area contributed by atoms with Gasteiger partial charge in [0, 0.05) is 13.0 Å². The Bertz CT molecular complexity index is 307. The van der Waals surface area contributed by atoms with Crippen molar-refractivity contribution < 1.29 is 29.3 Å². The molecule has 0 heterocycles. The molecule has 0 aromatic rings. The summed E-state index contributed by atoms with van der Waals surface area (Å²) in [5, 5.41) is 21.9. The molecule has 0 aliphatic heterocycles. The number of ether oxygens (including phenoxy) is 1. The Balaban J connectivity index is 3.84. The highest BCUT2D eigenvalue weighted by Gasteiger charge is 2.17. The average molecular weight is 262 g/mol. The monoisotopic (exact) mass is 262 g/mol. The molecule has 104 valence electrons. The first-order valence-corrected chi connectivity index (χ1v) is 5.50. The smallest absolute Gasteiger partial charge is 0.332 e. The lowest BCUT2D eigenvalue weighted by Gasteiger charge is -2.13. The highest BCUT2D eigenvalue weighted by atomic mass is 16.5. The Morgan fingerprint density at radius 2 is 1.94 bits per heavy atom. The SMILES string of the molecule is CCOC(=O)C(C)NC(=O)NCC[C@H](O)C(=O)O. The lowest BCUT2D eigenvalue weighted by atomic mass is 10.2. The summed E-state index contributed by atoms with van der Waals surface area (Å²) in [5.74, 6) is -1.91. The first kappa shape index (κ1) is 16.2. The van der Waals surface area contributed by atoms with Crippen LogP contribution in [0.4, 0.5) is 4.79 Å². The molecular weight excluding hydrogens is 244 g/mol. The van der Waals surface area contributed by atoms with Crippen molar-refractivity contribution in [3.05, 3.63) is 0 Å². The number of carbonyl (C=O) groups is 3. The van der Waals surface area contributed by atoms with Gasteiger partial charge in [-0.2, -0.15) is 0 Å². The molecule has 0 aromatic heterocycles. The Kier molecular flexibility index (Phi) is 7.45. The number of urea groups is 1. The van der Waals surface area contributed by atoms with Crippen LogP contribution in [0.3, 0.4) is 0 Å². The van der Waals surface area contributed by atoms with Crippen LogP contribution in [0.1, 0.15) is 20.3 Å². The van der Waals surface area contributed by atoms with E-state index in [1.807, 2.05) is 0 Å². The Labute approximate surface area is 104 Å². The molecular formula is C10H18N2O6. The summed E-state index contributed by atoms with van der Waals surface area (Å²) in [6.45, 7) is 3.31. The molecule has 0 radical (unpaired) electrons. The molecule has 4 N–H and O–H groups in total. The molecule has 0 aromatic carbocycles. The maximum Gasteiger partial charge on any atom is 0.332 e. The van der Waals surface area contributed by atoms with Crippen LogP contribution in [0.5, 0.6) is 0 Å². The molecule has 2 atom stereocenters. The van der Waals surface area contributed by atoms with Crippen molar-refractivity contribution in [2.75, 3.05) is 13.2 Å². The number of esters is 1. The zero-order valence-electron chi connectivity index (χ0n) is 10.3. The van der Waals surface area contributed by atoms with Gasteiger partial charge in [0.1, 0.15) is 6.04 Å². The van der Waals surface area contributed by atoms with Crippen molar-refractivity contribution in [2.45, 2.75) is 32.4 Å². The van der Waals surface area contributed by atoms with E-state index < -0.39 is 30.1 Å². The third kappa shape index (κ3) is 6.69. The normalized spacial score (nSPS) is 13.3. The van der Waals surface area contributed by atoms with Gasteiger partial charge >= 0.3 is 18.0 Å². The van der Waals surface area contributed by atoms with Crippen molar-refractivity contribution >= 4 is 18.0 Å². The van der Waals surface area contributed by atoms with Crippen LogP contribution in [-0.4, -0.2) is 53.5 Å². The fourth-order valence-electron chi connectivity index (χ4n) is 1.02. The topological polar surface area (TPSA) is 125 Å². The van der Waals surface area contributed by atoms with Gasteiger partial charge in [0.05, 0.1) is 6.61 Å². The highest BCUT2D eigenvalue weighted by Crippen LogP contribution is 1.90. The van der Waals surface area contributed by atoms with E-state index in [0.29, 0.717) is 0 Å². The molecule has 0 aliphatic carbocycles. The molecule has 8 nitrogen and oxygen atoms in total. The number of carbonyl (C=O) groups excluding carboxylic acids is 2. The summed E-state index contributed by atoms with van der Waals surface area (Å²) in [5.41, 5.74) is 0. The summed E-state index contributed by atoms with van der Waals surface area (Å²) in [6, 6.07) is -1.43. The Morgan fingerprint density at radius 3 is 2.44 bits per heavy atom. The summed E-state index contributed by atoms with van der Waals surface area (Å²) in [4.78, 5) is 32.7. The zero-order valence-corrected chi connectivity index (χ0v) is 10.3. The van der Waals surface area contributed by atoms with Gasteiger partial charge in [-0.15, -0.1) is 0 Å². The van der Waals surface area contributed by atoms with Gasteiger partial charge in [0.2, 0.25) is 0 Å². The van der Waals surface area contributed by atoms with E-state index in [0.717, 1.165) is 0 Å². The van der Waals surface area contributed by atoms with Crippen molar-refractivity contribution in [2.24, 2.45) is 0 Å². The van der Waals surface area contributed by atoms with Gasteiger partial charge in [0.15, 0.2) is 6.10 Å². The molecule has 0 saturated carbocycles. The molecule has 1 unspecified atom stereocenters. The van der Waals surface area contributed by atoms with Gasteiger partial charge in [-0.05, 0) is 13.8 Å². The number of aliphatic hydroxyl groups is 1. The molecule has 8 heteroatoms. The quantitative estimate of drug-likeness (QED) is 0.439. The lowest BCUT2D eigenvalue weighted by molar-refractivity contribution is -0.147. The van der Waals surface area contributed by atoms with E-state index >= 15 is 0 Å². The highest BCUT2D eigenvalue weighted by molar-refractivity contribution is 5.83. The minimum Gasteiger partial charge on any atom is -0.479 e. The zero-order chi connectivity index (χ0) is 14.1. The molecule has 0 bridgehead atoms. The number of carboxylic acids is 1. The number of hydrogen-bond donors (Lipinski definition) is 4. The summed E-state index contributed by atoms with van der Waals surface area (Å²) < 4.78 is 4.68. The van der Waals surface area contributed by atoms with E-state index in [2.05, 4.69) is 15.4 Å². The minimum absolute atomic E-state index is 0.0190. The number of aliphatic hydroxyl groups excluding tert-OH is 1. The van der Waals surface area contributed by atoms with Crippen LogP contribution in [0.25, 0.3) is 0 Å². The van der Waals surface area contributed by atoms with E-state index in [1.54, 1.807) is 6.92 Å². The van der Waals surface area contributed by atoms with Crippen molar-refractivity contribution in [3.63, 3.8) is 0 Å². The third-order valence-electron chi connectivity index (χ3n) is 1.98. The van der Waals surface area contributed by atoms with Crippen LogP contribution >= 0.6 is 0 Å². The Hall–Kier alpha value is -1.83.